The maximum atomic E-state index is 4.51. The maximum Gasteiger partial charge on any atom is 0.0825 e. The number of hydrogen-bond donors (Lipinski definition) is 1. The summed E-state index contributed by atoms with van der Waals surface area (Å²) in [5.74, 6) is 0. The topological polar surface area (TPSA) is 47.7 Å². The summed E-state index contributed by atoms with van der Waals surface area (Å²) in [6, 6.07) is 2.14. The molecule has 0 aliphatic rings. The second-order valence-electron chi connectivity index (χ2n) is 4.84. The van der Waals surface area contributed by atoms with Crippen LogP contribution in [0.4, 0.5) is 5.69 Å². The number of halogens is 1. The van der Waals surface area contributed by atoms with Gasteiger partial charge in [0.15, 0.2) is 0 Å². The van der Waals surface area contributed by atoms with Gasteiger partial charge in [0, 0.05) is 19.3 Å². The monoisotopic (exact) mass is 297 g/mol. The van der Waals surface area contributed by atoms with Crippen molar-refractivity contribution < 1.29 is 0 Å². The van der Waals surface area contributed by atoms with Gasteiger partial charge in [-0.05, 0) is 33.3 Å². The van der Waals surface area contributed by atoms with E-state index in [4.69, 9.17) is 0 Å². The first-order valence-electron chi connectivity index (χ1n) is 6.95. The molecule has 0 spiro atoms. The van der Waals surface area contributed by atoms with Gasteiger partial charge in [0.25, 0.3) is 0 Å². The molecule has 0 aliphatic heterocycles. The van der Waals surface area contributed by atoms with Crippen LogP contribution < -0.4 is 5.32 Å². The Bertz CT molecular complexity index is 544. The van der Waals surface area contributed by atoms with Crippen molar-refractivity contribution in [1.29, 1.82) is 0 Å². The standard InChI is InChI=1S/C14H23N5.ClH/c1-5-7-19-13(8-11(3)16-19)9-15-14-10-18(6-2)17-12(14)4;/h8,10,15H,5-7,9H2,1-4H3;1H. The molecule has 0 amide bonds. The molecule has 0 radical (unpaired) electrons. The van der Waals surface area contributed by atoms with Crippen LogP contribution in [0.1, 0.15) is 37.4 Å². The average Bonchev–Trinajstić information content (AvgIpc) is 2.91. The predicted octanol–water partition coefficient (Wildman–Crippen LogP) is 3.16. The molecule has 0 bridgehead atoms. The third-order valence-electron chi connectivity index (χ3n) is 3.15. The highest BCUT2D eigenvalue weighted by Gasteiger charge is 2.07. The molecule has 0 fully saturated rings. The second kappa shape index (κ2) is 7.33. The van der Waals surface area contributed by atoms with Crippen LogP contribution in [-0.4, -0.2) is 19.6 Å². The zero-order chi connectivity index (χ0) is 13.8. The van der Waals surface area contributed by atoms with Gasteiger partial charge in [-0.3, -0.25) is 9.36 Å². The Morgan fingerprint density at radius 2 is 1.95 bits per heavy atom. The Morgan fingerprint density at radius 1 is 1.20 bits per heavy atom. The van der Waals surface area contributed by atoms with Gasteiger partial charge in [0.05, 0.1) is 29.3 Å². The number of anilines is 1. The normalized spacial score (nSPS) is 10.4. The lowest BCUT2D eigenvalue weighted by atomic mass is 10.3. The van der Waals surface area contributed by atoms with E-state index in [1.807, 2.05) is 18.5 Å². The number of aromatic nitrogens is 4. The predicted molar refractivity (Wildman–Crippen MR) is 84.5 cm³/mol. The molecule has 112 valence electrons. The van der Waals surface area contributed by atoms with Gasteiger partial charge in [-0.25, -0.2) is 0 Å². The second-order valence-corrected chi connectivity index (χ2v) is 4.84. The molecule has 0 aliphatic carbocycles. The van der Waals surface area contributed by atoms with Gasteiger partial charge in [-0.15, -0.1) is 12.4 Å². The van der Waals surface area contributed by atoms with E-state index in [-0.39, 0.29) is 12.4 Å². The van der Waals surface area contributed by atoms with Crippen LogP contribution in [-0.2, 0) is 19.6 Å². The number of hydrogen-bond acceptors (Lipinski definition) is 3. The molecular weight excluding hydrogens is 274 g/mol. The summed E-state index contributed by atoms with van der Waals surface area (Å²) in [6.07, 6.45) is 3.16. The molecule has 20 heavy (non-hydrogen) atoms. The van der Waals surface area contributed by atoms with Gasteiger partial charge in [0.2, 0.25) is 0 Å². The first kappa shape index (κ1) is 16.6. The summed E-state index contributed by atoms with van der Waals surface area (Å²) in [6.45, 7) is 11.0. The molecule has 0 saturated carbocycles. The minimum Gasteiger partial charge on any atom is -0.377 e. The van der Waals surface area contributed by atoms with Crippen molar-refractivity contribution in [3.8, 4) is 0 Å². The van der Waals surface area contributed by atoms with Gasteiger partial charge < -0.3 is 5.32 Å². The smallest absolute Gasteiger partial charge is 0.0825 e. The van der Waals surface area contributed by atoms with Gasteiger partial charge in [-0.1, -0.05) is 6.92 Å². The first-order chi connectivity index (χ1) is 9.13. The highest BCUT2D eigenvalue weighted by molar-refractivity contribution is 5.85. The Kier molecular flexibility index (Phi) is 6.07. The Balaban J connectivity index is 0.00000200. The molecule has 0 unspecified atom stereocenters. The van der Waals surface area contributed by atoms with E-state index in [0.29, 0.717) is 0 Å². The number of nitrogens with one attached hydrogen (secondary N) is 1. The zero-order valence-electron chi connectivity index (χ0n) is 12.7. The fourth-order valence-electron chi connectivity index (χ4n) is 2.19. The summed E-state index contributed by atoms with van der Waals surface area (Å²) in [4.78, 5) is 0. The van der Waals surface area contributed by atoms with E-state index in [2.05, 4.69) is 46.3 Å². The van der Waals surface area contributed by atoms with E-state index in [1.165, 1.54) is 5.69 Å². The Morgan fingerprint density at radius 3 is 2.55 bits per heavy atom. The lowest BCUT2D eigenvalue weighted by Gasteiger charge is -2.07. The summed E-state index contributed by atoms with van der Waals surface area (Å²) in [7, 11) is 0. The molecule has 1 N–H and O–H groups in total. The molecule has 2 rings (SSSR count). The van der Waals surface area contributed by atoms with Gasteiger partial charge in [-0.2, -0.15) is 10.2 Å². The highest BCUT2D eigenvalue weighted by Crippen LogP contribution is 2.14. The van der Waals surface area contributed by atoms with Crippen molar-refractivity contribution in [3.05, 3.63) is 29.3 Å². The first-order valence-corrected chi connectivity index (χ1v) is 6.95. The molecule has 2 aromatic rings. The van der Waals surface area contributed by atoms with Crippen LogP contribution in [0.25, 0.3) is 0 Å². The van der Waals surface area contributed by atoms with Crippen molar-refractivity contribution in [3.63, 3.8) is 0 Å². The summed E-state index contributed by atoms with van der Waals surface area (Å²) >= 11 is 0. The van der Waals surface area contributed by atoms with Crippen LogP contribution in [0.2, 0.25) is 0 Å². The highest BCUT2D eigenvalue weighted by atomic mass is 35.5. The number of rotatable bonds is 6. The van der Waals surface area contributed by atoms with Crippen LogP contribution >= 0.6 is 12.4 Å². The molecule has 0 aromatic carbocycles. The SMILES string of the molecule is CCCn1nc(C)cc1CNc1cn(CC)nc1C.Cl. The summed E-state index contributed by atoms with van der Waals surface area (Å²) < 4.78 is 4.04. The van der Waals surface area contributed by atoms with E-state index >= 15 is 0 Å². The maximum absolute atomic E-state index is 4.51. The van der Waals surface area contributed by atoms with Gasteiger partial charge in [0.1, 0.15) is 0 Å². The largest absolute Gasteiger partial charge is 0.377 e. The van der Waals surface area contributed by atoms with E-state index in [0.717, 1.165) is 43.1 Å². The quantitative estimate of drug-likeness (QED) is 0.891. The van der Waals surface area contributed by atoms with E-state index in [9.17, 15) is 0 Å². The van der Waals surface area contributed by atoms with Crippen LogP contribution in [0.5, 0.6) is 0 Å². The third-order valence-corrected chi connectivity index (χ3v) is 3.15. The van der Waals surface area contributed by atoms with Crippen molar-refractivity contribution in [1.82, 2.24) is 19.6 Å². The summed E-state index contributed by atoms with van der Waals surface area (Å²) in [5, 5.41) is 12.4. The molecule has 2 aromatic heterocycles. The minimum absolute atomic E-state index is 0. The lowest BCUT2D eigenvalue weighted by molar-refractivity contribution is 0.575. The lowest BCUT2D eigenvalue weighted by Crippen LogP contribution is -2.09. The van der Waals surface area contributed by atoms with E-state index < -0.39 is 0 Å². The Labute approximate surface area is 126 Å². The number of aryl methyl sites for hydroxylation is 4. The average molecular weight is 298 g/mol. The summed E-state index contributed by atoms with van der Waals surface area (Å²) in [5.41, 5.74) is 4.44. The van der Waals surface area contributed by atoms with Crippen LogP contribution in [0.15, 0.2) is 12.3 Å². The minimum atomic E-state index is 0. The fraction of sp³-hybridized carbons (Fsp3) is 0.571. The molecular formula is C14H24ClN5. The molecule has 2 heterocycles. The van der Waals surface area contributed by atoms with Gasteiger partial charge >= 0.3 is 0 Å². The molecule has 0 atom stereocenters. The van der Waals surface area contributed by atoms with Crippen molar-refractivity contribution in [2.24, 2.45) is 0 Å². The van der Waals surface area contributed by atoms with Crippen molar-refractivity contribution in [2.45, 2.75) is 53.8 Å². The molecule has 0 saturated heterocycles. The third kappa shape index (κ3) is 3.76. The zero-order valence-corrected chi connectivity index (χ0v) is 13.5. The molecule has 5 nitrogen and oxygen atoms in total. The van der Waals surface area contributed by atoms with Crippen LogP contribution in [0, 0.1) is 13.8 Å². The van der Waals surface area contributed by atoms with Crippen LogP contribution in [0.3, 0.4) is 0 Å². The van der Waals surface area contributed by atoms with Crippen molar-refractivity contribution in [2.75, 3.05) is 5.32 Å². The van der Waals surface area contributed by atoms with Crippen molar-refractivity contribution >= 4 is 18.1 Å². The fourth-order valence-corrected chi connectivity index (χ4v) is 2.19. The van der Waals surface area contributed by atoms with E-state index in [1.54, 1.807) is 0 Å². The molecule has 6 heteroatoms. The number of nitrogens with zero attached hydrogens (tertiary/aromatic N) is 4. The Hall–Kier alpha value is -1.49.